The highest BCUT2D eigenvalue weighted by Crippen LogP contribution is 2.32. The molecular weight excluding hydrogens is 354 g/mol. The van der Waals surface area contributed by atoms with Gasteiger partial charge in [0.25, 0.3) is 0 Å². The molecule has 5 nitrogen and oxygen atoms in total. The second-order valence-corrected chi connectivity index (χ2v) is 7.15. The van der Waals surface area contributed by atoms with Gasteiger partial charge in [-0.1, -0.05) is 18.2 Å². The molecule has 0 aliphatic carbocycles. The van der Waals surface area contributed by atoms with Crippen molar-refractivity contribution >= 4 is 38.9 Å². The summed E-state index contributed by atoms with van der Waals surface area (Å²) < 4.78 is 11.9. The number of thiazole rings is 1. The Bertz CT molecular complexity index is 877. The molecule has 1 aliphatic rings. The third-order valence-corrected chi connectivity index (χ3v) is 5.24. The molecular formula is C18H17N3O2S2. The maximum atomic E-state index is 5.38. The molecule has 25 heavy (non-hydrogen) atoms. The van der Waals surface area contributed by atoms with Crippen molar-refractivity contribution in [3.63, 3.8) is 0 Å². The number of rotatable bonds is 5. The van der Waals surface area contributed by atoms with Crippen LogP contribution in [0.4, 0.5) is 0 Å². The number of para-hydroxylation sites is 1. The lowest BCUT2D eigenvalue weighted by atomic mass is 10.2. The number of thiocarbonyl (C=S) groups is 1. The van der Waals surface area contributed by atoms with Crippen LogP contribution in [0.1, 0.15) is 10.6 Å². The molecule has 0 atom stereocenters. The minimum absolute atomic E-state index is 0.290. The lowest BCUT2D eigenvalue weighted by Gasteiger charge is -2.10. The summed E-state index contributed by atoms with van der Waals surface area (Å²) in [6.07, 6.45) is 0.852. The Labute approximate surface area is 155 Å². The SMILES string of the molecule is S=C(NCCc1nc2ccccc2s1)NCc1ccc2c(c1)OCO2. The van der Waals surface area contributed by atoms with E-state index in [4.69, 9.17) is 21.7 Å². The molecule has 0 amide bonds. The molecule has 128 valence electrons. The van der Waals surface area contributed by atoms with Gasteiger partial charge in [0.1, 0.15) is 0 Å². The van der Waals surface area contributed by atoms with Crippen LogP contribution in [0.25, 0.3) is 10.2 Å². The number of hydrogen-bond donors (Lipinski definition) is 2. The van der Waals surface area contributed by atoms with Gasteiger partial charge in [0.05, 0.1) is 15.2 Å². The van der Waals surface area contributed by atoms with Crippen LogP contribution in [-0.4, -0.2) is 23.4 Å². The number of aromatic nitrogens is 1. The highest BCUT2D eigenvalue weighted by Gasteiger charge is 2.13. The van der Waals surface area contributed by atoms with Gasteiger partial charge in [-0.2, -0.15) is 0 Å². The van der Waals surface area contributed by atoms with Crippen LogP contribution < -0.4 is 20.1 Å². The maximum absolute atomic E-state index is 5.38. The van der Waals surface area contributed by atoms with Crippen molar-refractivity contribution in [3.8, 4) is 11.5 Å². The second kappa shape index (κ2) is 7.25. The summed E-state index contributed by atoms with van der Waals surface area (Å²) in [5.41, 5.74) is 2.16. The minimum atomic E-state index is 0.290. The fraction of sp³-hybridized carbons (Fsp3) is 0.222. The molecule has 1 aliphatic heterocycles. The predicted octanol–water partition coefficient (Wildman–Crippen LogP) is 3.23. The van der Waals surface area contributed by atoms with Crippen molar-refractivity contribution in [3.05, 3.63) is 53.0 Å². The summed E-state index contributed by atoms with van der Waals surface area (Å²) >= 11 is 7.07. The third-order valence-electron chi connectivity index (χ3n) is 3.85. The fourth-order valence-corrected chi connectivity index (χ4v) is 3.75. The zero-order valence-electron chi connectivity index (χ0n) is 13.5. The Hall–Kier alpha value is -2.38. The van der Waals surface area contributed by atoms with Gasteiger partial charge in [0.15, 0.2) is 16.6 Å². The van der Waals surface area contributed by atoms with Crippen LogP contribution >= 0.6 is 23.6 Å². The monoisotopic (exact) mass is 371 g/mol. The number of fused-ring (bicyclic) bond motifs is 2. The normalized spacial score (nSPS) is 12.3. The smallest absolute Gasteiger partial charge is 0.231 e. The van der Waals surface area contributed by atoms with Crippen molar-refractivity contribution in [2.45, 2.75) is 13.0 Å². The molecule has 0 fully saturated rings. The van der Waals surface area contributed by atoms with Crippen LogP contribution in [0.15, 0.2) is 42.5 Å². The Morgan fingerprint density at radius 2 is 2.00 bits per heavy atom. The number of nitrogens with zero attached hydrogens (tertiary/aromatic N) is 1. The van der Waals surface area contributed by atoms with E-state index in [0.717, 1.165) is 40.6 Å². The molecule has 0 radical (unpaired) electrons. The van der Waals surface area contributed by atoms with Gasteiger partial charge in [-0.05, 0) is 42.0 Å². The predicted molar refractivity (Wildman–Crippen MR) is 103 cm³/mol. The summed E-state index contributed by atoms with van der Waals surface area (Å²) in [5.74, 6) is 1.58. The van der Waals surface area contributed by atoms with Gasteiger partial charge in [-0.3, -0.25) is 0 Å². The Morgan fingerprint density at radius 1 is 1.12 bits per heavy atom. The molecule has 3 aromatic rings. The molecule has 4 rings (SSSR count). The van der Waals surface area contributed by atoms with Crippen molar-refractivity contribution in [1.29, 1.82) is 0 Å². The first kappa shape index (κ1) is 16.1. The summed E-state index contributed by atoms with van der Waals surface area (Å²) in [4.78, 5) is 4.63. The van der Waals surface area contributed by atoms with E-state index in [0.29, 0.717) is 11.7 Å². The van der Waals surface area contributed by atoms with Crippen LogP contribution in [0, 0.1) is 0 Å². The van der Waals surface area contributed by atoms with Crippen LogP contribution in [0.2, 0.25) is 0 Å². The van der Waals surface area contributed by atoms with E-state index in [1.165, 1.54) is 4.70 Å². The molecule has 0 bridgehead atoms. The van der Waals surface area contributed by atoms with Crippen LogP contribution in [0.3, 0.4) is 0 Å². The van der Waals surface area contributed by atoms with Crippen LogP contribution in [-0.2, 0) is 13.0 Å². The Morgan fingerprint density at radius 3 is 2.92 bits per heavy atom. The lowest BCUT2D eigenvalue weighted by molar-refractivity contribution is 0.174. The lowest BCUT2D eigenvalue weighted by Crippen LogP contribution is -2.35. The fourth-order valence-electron chi connectivity index (χ4n) is 2.61. The highest BCUT2D eigenvalue weighted by molar-refractivity contribution is 7.80. The largest absolute Gasteiger partial charge is 0.454 e. The van der Waals surface area contributed by atoms with Gasteiger partial charge in [0, 0.05) is 19.5 Å². The average Bonchev–Trinajstić information content (AvgIpc) is 3.25. The summed E-state index contributed by atoms with van der Waals surface area (Å²) in [7, 11) is 0. The Balaban J connectivity index is 1.24. The minimum Gasteiger partial charge on any atom is -0.454 e. The molecule has 0 saturated carbocycles. The molecule has 0 spiro atoms. The summed E-state index contributed by atoms with van der Waals surface area (Å²) in [6.45, 7) is 1.69. The van der Waals surface area contributed by atoms with Crippen molar-refractivity contribution < 1.29 is 9.47 Å². The molecule has 2 aromatic carbocycles. The number of nitrogens with one attached hydrogen (secondary N) is 2. The first-order chi connectivity index (χ1) is 12.3. The molecule has 2 heterocycles. The number of ether oxygens (including phenoxy) is 2. The highest BCUT2D eigenvalue weighted by atomic mass is 32.1. The van der Waals surface area contributed by atoms with E-state index in [2.05, 4.69) is 21.7 Å². The average molecular weight is 371 g/mol. The van der Waals surface area contributed by atoms with Gasteiger partial charge < -0.3 is 20.1 Å². The van der Waals surface area contributed by atoms with E-state index in [1.807, 2.05) is 36.4 Å². The van der Waals surface area contributed by atoms with Gasteiger partial charge >= 0.3 is 0 Å². The first-order valence-corrected chi connectivity index (χ1v) is 9.25. The zero-order valence-corrected chi connectivity index (χ0v) is 15.1. The van der Waals surface area contributed by atoms with Crippen molar-refractivity contribution in [2.24, 2.45) is 0 Å². The second-order valence-electron chi connectivity index (χ2n) is 5.62. The quantitative estimate of drug-likeness (QED) is 0.672. The van der Waals surface area contributed by atoms with E-state index >= 15 is 0 Å². The van der Waals surface area contributed by atoms with Crippen LogP contribution in [0.5, 0.6) is 11.5 Å². The number of benzene rings is 2. The van der Waals surface area contributed by atoms with E-state index in [9.17, 15) is 0 Å². The van der Waals surface area contributed by atoms with Gasteiger partial charge in [0.2, 0.25) is 6.79 Å². The molecule has 0 unspecified atom stereocenters. The van der Waals surface area contributed by atoms with Gasteiger partial charge in [-0.15, -0.1) is 11.3 Å². The maximum Gasteiger partial charge on any atom is 0.231 e. The summed E-state index contributed by atoms with van der Waals surface area (Å²) in [6, 6.07) is 14.1. The number of hydrogen-bond acceptors (Lipinski definition) is 5. The van der Waals surface area contributed by atoms with Crippen molar-refractivity contribution in [2.75, 3.05) is 13.3 Å². The third kappa shape index (κ3) is 3.83. The zero-order chi connectivity index (χ0) is 17.1. The van der Waals surface area contributed by atoms with E-state index in [1.54, 1.807) is 11.3 Å². The van der Waals surface area contributed by atoms with E-state index < -0.39 is 0 Å². The van der Waals surface area contributed by atoms with E-state index in [-0.39, 0.29) is 6.79 Å². The topological polar surface area (TPSA) is 55.4 Å². The standard InChI is InChI=1S/C18H17N3O2S2/c24-18(20-10-12-5-6-14-15(9-12)23-11-22-14)19-8-7-17-21-13-3-1-2-4-16(13)25-17/h1-6,9H,7-8,10-11H2,(H2,19,20,24). The molecule has 7 heteroatoms. The van der Waals surface area contributed by atoms with Gasteiger partial charge in [-0.25, -0.2) is 4.98 Å². The molecule has 2 N–H and O–H groups in total. The first-order valence-electron chi connectivity index (χ1n) is 8.02. The Kier molecular flexibility index (Phi) is 4.67. The molecule has 0 saturated heterocycles. The molecule has 1 aromatic heterocycles. The van der Waals surface area contributed by atoms with Crippen molar-refractivity contribution in [1.82, 2.24) is 15.6 Å². The summed E-state index contributed by atoms with van der Waals surface area (Å²) in [5, 5.41) is 8.19.